The summed E-state index contributed by atoms with van der Waals surface area (Å²) in [6, 6.07) is 8.44. The molecular weight excluding hydrogens is 242 g/mol. The molecule has 20 heavy (non-hydrogen) atoms. The molecular formula is C19H29N. The molecule has 0 radical (unpaired) electrons. The van der Waals surface area contributed by atoms with Gasteiger partial charge in [0.25, 0.3) is 0 Å². The van der Waals surface area contributed by atoms with Gasteiger partial charge in [-0.05, 0) is 80.9 Å². The van der Waals surface area contributed by atoms with Crippen molar-refractivity contribution in [1.29, 1.82) is 0 Å². The van der Waals surface area contributed by atoms with Crippen molar-refractivity contribution < 1.29 is 0 Å². The second-order valence-electron chi connectivity index (χ2n) is 7.08. The van der Waals surface area contributed by atoms with Crippen molar-refractivity contribution in [2.45, 2.75) is 77.3 Å². The van der Waals surface area contributed by atoms with Crippen molar-refractivity contribution in [1.82, 2.24) is 5.32 Å². The van der Waals surface area contributed by atoms with Gasteiger partial charge in [-0.1, -0.05) is 25.1 Å². The van der Waals surface area contributed by atoms with E-state index >= 15 is 0 Å². The number of nitrogens with one attached hydrogen (secondary N) is 1. The lowest BCUT2D eigenvalue weighted by molar-refractivity contribution is 0.291. The monoisotopic (exact) mass is 271 g/mol. The van der Waals surface area contributed by atoms with Crippen LogP contribution >= 0.6 is 0 Å². The van der Waals surface area contributed by atoms with Crippen LogP contribution in [0.4, 0.5) is 0 Å². The fourth-order valence-corrected chi connectivity index (χ4v) is 3.90. The summed E-state index contributed by atoms with van der Waals surface area (Å²) in [6.07, 6.45) is 10.8. The second kappa shape index (κ2) is 6.30. The quantitative estimate of drug-likeness (QED) is 0.833. The smallest absolute Gasteiger partial charge is 0.0294 e. The Balaban J connectivity index is 1.63. The largest absolute Gasteiger partial charge is 0.307 e. The maximum atomic E-state index is 3.86. The predicted octanol–water partition coefficient (Wildman–Crippen LogP) is 4.79. The van der Waals surface area contributed by atoms with Crippen LogP contribution in [0.3, 0.4) is 0 Å². The van der Waals surface area contributed by atoms with Crippen molar-refractivity contribution in [2.75, 3.05) is 0 Å². The molecule has 0 spiro atoms. The van der Waals surface area contributed by atoms with Crippen LogP contribution in [-0.2, 0) is 12.8 Å². The number of rotatable bonds is 3. The highest BCUT2D eigenvalue weighted by Gasteiger charge is 2.20. The molecule has 1 heteroatoms. The fourth-order valence-electron chi connectivity index (χ4n) is 3.90. The first-order chi connectivity index (χ1) is 9.72. The van der Waals surface area contributed by atoms with Crippen molar-refractivity contribution in [3.05, 3.63) is 34.9 Å². The highest BCUT2D eigenvalue weighted by molar-refractivity contribution is 5.35. The van der Waals surface area contributed by atoms with E-state index in [1.807, 2.05) is 0 Å². The third-order valence-corrected chi connectivity index (χ3v) is 5.37. The number of aryl methyl sites for hydroxylation is 2. The van der Waals surface area contributed by atoms with E-state index in [0.29, 0.717) is 6.04 Å². The van der Waals surface area contributed by atoms with E-state index in [1.54, 1.807) is 11.1 Å². The van der Waals surface area contributed by atoms with Gasteiger partial charge in [-0.2, -0.15) is 0 Å². The van der Waals surface area contributed by atoms with Crippen LogP contribution in [0.1, 0.15) is 75.1 Å². The summed E-state index contributed by atoms with van der Waals surface area (Å²) in [4.78, 5) is 0. The van der Waals surface area contributed by atoms with Crippen LogP contribution in [0.5, 0.6) is 0 Å². The zero-order chi connectivity index (χ0) is 13.9. The maximum absolute atomic E-state index is 3.86. The fraction of sp³-hybridized carbons (Fsp3) is 0.684. The molecule has 1 fully saturated rings. The standard InChI is InChI=1S/C19H29N/c1-14-7-11-19(12-8-14)20-15(2)17-10-9-16-5-3-4-6-18(16)13-17/h9-10,13-15,19-20H,3-8,11-12H2,1-2H3. The molecule has 3 rings (SSSR count). The van der Waals surface area contributed by atoms with Gasteiger partial charge in [0.1, 0.15) is 0 Å². The SMILES string of the molecule is CC1CCC(NC(C)c2ccc3c(c2)CCCC3)CC1. The minimum Gasteiger partial charge on any atom is -0.307 e. The zero-order valence-electron chi connectivity index (χ0n) is 13.1. The first kappa shape index (κ1) is 14.1. The molecule has 1 nitrogen and oxygen atoms in total. The first-order valence-electron chi connectivity index (χ1n) is 8.60. The summed E-state index contributed by atoms with van der Waals surface area (Å²) in [6.45, 7) is 4.73. The summed E-state index contributed by atoms with van der Waals surface area (Å²) in [7, 11) is 0. The molecule has 1 aromatic carbocycles. The normalized spacial score (nSPS) is 27.9. The molecule has 1 saturated carbocycles. The molecule has 1 aromatic rings. The Labute approximate surface area is 124 Å². The molecule has 0 aromatic heterocycles. The van der Waals surface area contributed by atoms with Gasteiger partial charge in [0.05, 0.1) is 0 Å². The Morgan fingerprint density at radius 3 is 2.45 bits per heavy atom. The maximum Gasteiger partial charge on any atom is 0.0294 e. The van der Waals surface area contributed by atoms with Crippen LogP contribution < -0.4 is 5.32 Å². The summed E-state index contributed by atoms with van der Waals surface area (Å²) in [5.41, 5.74) is 4.70. The number of fused-ring (bicyclic) bond motifs is 1. The van der Waals surface area contributed by atoms with E-state index in [4.69, 9.17) is 0 Å². The lowest BCUT2D eigenvalue weighted by Crippen LogP contribution is -2.34. The highest BCUT2D eigenvalue weighted by Crippen LogP contribution is 2.28. The Bertz CT molecular complexity index is 443. The van der Waals surface area contributed by atoms with Crippen LogP contribution in [0.25, 0.3) is 0 Å². The lowest BCUT2D eigenvalue weighted by Gasteiger charge is -2.30. The topological polar surface area (TPSA) is 12.0 Å². The van der Waals surface area contributed by atoms with Crippen LogP contribution in [-0.4, -0.2) is 6.04 Å². The van der Waals surface area contributed by atoms with E-state index in [9.17, 15) is 0 Å². The minimum absolute atomic E-state index is 0.501. The van der Waals surface area contributed by atoms with Gasteiger partial charge in [0.2, 0.25) is 0 Å². The van der Waals surface area contributed by atoms with E-state index in [1.165, 1.54) is 56.9 Å². The molecule has 0 saturated heterocycles. The van der Waals surface area contributed by atoms with Crippen molar-refractivity contribution >= 4 is 0 Å². The van der Waals surface area contributed by atoms with E-state index in [2.05, 4.69) is 37.4 Å². The minimum atomic E-state index is 0.501. The lowest BCUT2D eigenvalue weighted by atomic mass is 9.86. The van der Waals surface area contributed by atoms with Gasteiger partial charge in [0.15, 0.2) is 0 Å². The van der Waals surface area contributed by atoms with E-state index in [0.717, 1.165) is 12.0 Å². The summed E-state index contributed by atoms with van der Waals surface area (Å²) >= 11 is 0. The Morgan fingerprint density at radius 2 is 1.70 bits per heavy atom. The van der Waals surface area contributed by atoms with E-state index < -0.39 is 0 Å². The molecule has 110 valence electrons. The van der Waals surface area contributed by atoms with Crippen LogP contribution in [0.2, 0.25) is 0 Å². The molecule has 0 amide bonds. The molecule has 0 heterocycles. The van der Waals surface area contributed by atoms with Gasteiger partial charge in [-0.25, -0.2) is 0 Å². The molecule has 1 atom stereocenters. The van der Waals surface area contributed by atoms with Crippen LogP contribution in [0.15, 0.2) is 18.2 Å². The van der Waals surface area contributed by atoms with E-state index in [-0.39, 0.29) is 0 Å². The third-order valence-electron chi connectivity index (χ3n) is 5.37. The average molecular weight is 271 g/mol. The number of benzene rings is 1. The molecule has 2 aliphatic rings. The van der Waals surface area contributed by atoms with Gasteiger partial charge >= 0.3 is 0 Å². The summed E-state index contributed by atoms with van der Waals surface area (Å²) in [5.74, 6) is 0.937. The van der Waals surface area contributed by atoms with Crippen molar-refractivity contribution in [2.24, 2.45) is 5.92 Å². The molecule has 0 aliphatic heterocycles. The van der Waals surface area contributed by atoms with Gasteiger partial charge in [0, 0.05) is 12.1 Å². The second-order valence-corrected chi connectivity index (χ2v) is 7.08. The third kappa shape index (κ3) is 3.25. The highest BCUT2D eigenvalue weighted by atomic mass is 14.9. The average Bonchev–Trinajstić information content (AvgIpc) is 2.49. The Hall–Kier alpha value is -0.820. The Kier molecular flexibility index (Phi) is 4.45. The van der Waals surface area contributed by atoms with Gasteiger partial charge < -0.3 is 5.32 Å². The van der Waals surface area contributed by atoms with Crippen molar-refractivity contribution in [3.63, 3.8) is 0 Å². The van der Waals surface area contributed by atoms with Gasteiger partial charge in [-0.3, -0.25) is 0 Å². The molecule has 1 unspecified atom stereocenters. The Morgan fingerprint density at radius 1 is 1.00 bits per heavy atom. The molecule has 1 N–H and O–H groups in total. The first-order valence-corrected chi connectivity index (χ1v) is 8.60. The summed E-state index contributed by atoms with van der Waals surface area (Å²) in [5, 5.41) is 3.86. The molecule has 0 bridgehead atoms. The zero-order valence-corrected chi connectivity index (χ0v) is 13.1. The summed E-state index contributed by atoms with van der Waals surface area (Å²) < 4.78 is 0. The van der Waals surface area contributed by atoms with Crippen molar-refractivity contribution in [3.8, 4) is 0 Å². The number of hydrogen-bond acceptors (Lipinski definition) is 1. The van der Waals surface area contributed by atoms with Gasteiger partial charge in [-0.15, -0.1) is 0 Å². The molecule has 2 aliphatic carbocycles. The number of hydrogen-bond donors (Lipinski definition) is 1. The van der Waals surface area contributed by atoms with Crippen LogP contribution in [0, 0.1) is 5.92 Å². The predicted molar refractivity (Wildman–Crippen MR) is 86.1 cm³/mol.